The molecule has 1 N–H and O–H groups in total. The zero-order chi connectivity index (χ0) is 17.1. The van der Waals surface area contributed by atoms with Gasteiger partial charge in [-0.15, -0.1) is 0 Å². The summed E-state index contributed by atoms with van der Waals surface area (Å²) in [5, 5.41) is 8.69. The Balaban J connectivity index is 2.28. The fourth-order valence-electron chi connectivity index (χ4n) is 2.70. The van der Waals surface area contributed by atoms with Crippen LogP contribution in [0.2, 0.25) is 0 Å². The number of methoxy groups -OCH3 is 2. The van der Waals surface area contributed by atoms with Gasteiger partial charge in [-0.2, -0.15) is 0 Å². The van der Waals surface area contributed by atoms with Gasteiger partial charge in [0.1, 0.15) is 0 Å². The number of unbranched alkanes of at least 4 members (excludes halogenated alkanes) is 7. The maximum atomic E-state index is 12.2. The number of rotatable bonds is 12. The van der Waals surface area contributed by atoms with Crippen LogP contribution in [0, 0.1) is 0 Å². The van der Waals surface area contributed by atoms with E-state index in [9.17, 15) is 9.59 Å². The Morgan fingerprint density at radius 1 is 0.826 bits per heavy atom. The molecule has 0 aromatic carbocycles. The van der Waals surface area contributed by atoms with Crippen molar-refractivity contribution in [2.45, 2.75) is 57.8 Å². The Hall–Kier alpha value is -1.62. The maximum Gasteiger partial charge on any atom is 0.227 e. The molecule has 0 heterocycles. The molecule has 0 amide bonds. The summed E-state index contributed by atoms with van der Waals surface area (Å²) in [7, 11) is 2.73. The average molecular weight is 324 g/mol. The number of aliphatic hydroxyl groups excluding tert-OH is 1. The van der Waals surface area contributed by atoms with E-state index in [2.05, 4.69) is 0 Å². The molecule has 5 nitrogen and oxygen atoms in total. The summed E-state index contributed by atoms with van der Waals surface area (Å²) in [5.41, 5.74) is 0.510. The minimum Gasteiger partial charge on any atom is -0.490 e. The van der Waals surface area contributed by atoms with E-state index in [4.69, 9.17) is 14.6 Å². The highest BCUT2D eigenvalue weighted by molar-refractivity contribution is 6.20. The van der Waals surface area contributed by atoms with Gasteiger partial charge < -0.3 is 14.6 Å². The van der Waals surface area contributed by atoms with Crippen LogP contribution < -0.4 is 0 Å². The zero-order valence-corrected chi connectivity index (χ0v) is 14.2. The van der Waals surface area contributed by atoms with Crippen molar-refractivity contribution in [1.29, 1.82) is 0 Å². The molecular weight excluding hydrogens is 296 g/mol. The molecule has 1 rings (SSSR count). The van der Waals surface area contributed by atoms with Gasteiger partial charge in [0.25, 0.3) is 0 Å². The number of aliphatic hydroxyl groups is 1. The zero-order valence-electron chi connectivity index (χ0n) is 14.2. The molecule has 0 unspecified atom stereocenters. The first-order chi connectivity index (χ1) is 11.2. The largest absolute Gasteiger partial charge is 0.490 e. The predicted octanol–water partition coefficient (Wildman–Crippen LogP) is 3.07. The summed E-state index contributed by atoms with van der Waals surface area (Å²) in [6.07, 6.45) is 10.5. The molecule has 0 spiro atoms. The highest BCUT2D eigenvalue weighted by Crippen LogP contribution is 2.24. The molecule has 0 saturated carbocycles. The second kappa shape index (κ2) is 11.0. The second-order valence-corrected chi connectivity index (χ2v) is 5.73. The first-order valence-corrected chi connectivity index (χ1v) is 8.38. The van der Waals surface area contributed by atoms with Gasteiger partial charge in [0.2, 0.25) is 23.1 Å². The van der Waals surface area contributed by atoms with Gasteiger partial charge in [-0.1, -0.05) is 38.5 Å². The van der Waals surface area contributed by atoms with Crippen LogP contribution >= 0.6 is 0 Å². The molecule has 0 aromatic rings. The van der Waals surface area contributed by atoms with E-state index in [1.807, 2.05) is 0 Å². The van der Waals surface area contributed by atoms with E-state index in [1.54, 1.807) is 0 Å². The quantitative estimate of drug-likeness (QED) is 0.441. The molecule has 23 heavy (non-hydrogen) atoms. The van der Waals surface area contributed by atoms with E-state index in [1.165, 1.54) is 39.6 Å². The van der Waals surface area contributed by atoms with Crippen molar-refractivity contribution < 1.29 is 24.2 Å². The molecule has 0 fully saturated rings. The van der Waals surface area contributed by atoms with Crippen molar-refractivity contribution in [2.75, 3.05) is 20.8 Å². The Kier molecular flexibility index (Phi) is 9.29. The molecular formula is C18H28O5. The van der Waals surface area contributed by atoms with Gasteiger partial charge in [0.15, 0.2) is 0 Å². The number of hydrogen-bond acceptors (Lipinski definition) is 5. The van der Waals surface area contributed by atoms with Crippen molar-refractivity contribution in [3.05, 3.63) is 23.2 Å². The van der Waals surface area contributed by atoms with Crippen LogP contribution in [0.1, 0.15) is 57.8 Å². The Morgan fingerprint density at radius 3 is 1.87 bits per heavy atom. The van der Waals surface area contributed by atoms with Crippen LogP contribution in [-0.4, -0.2) is 37.5 Å². The van der Waals surface area contributed by atoms with Crippen molar-refractivity contribution in [1.82, 2.24) is 0 Å². The van der Waals surface area contributed by atoms with Gasteiger partial charge in [-0.05, 0) is 25.3 Å². The first-order valence-electron chi connectivity index (χ1n) is 8.38. The lowest BCUT2D eigenvalue weighted by Crippen LogP contribution is -2.21. The van der Waals surface area contributed by atoms with E-state index in [0.29, 0.717) is 12.0 Å². The number of carbonyl (C=O) groups excluding carboxylic acids is 2. The Bertz CT molecular complexity index is 462. The van der Waals surface area contributed by atoms with Crippen LogP contribution in [0.4, 0.5) is 0 Å². The van der Waals surface area contributed by atoms with Crippen molar-refractivity contribution >= 4 is 11.6 Å². The SMILES string of the molecule is COC1=C(OC)C(=O)C(CCCCCCCCCCO)=CC1=O. The number of allylic oxidation sites excluding steroid dienone is 2. The third-order valence-electron chi connectivity index (χ3n) is 4.00. The normalized spacial score (nSPS) is 15.0. The van der Waals surface area contributed by atoms with Crippen LogP contribution in [0.15, 0.2) is 23.2 Å². The highest BCUT2D eigenvalue weighted by Gasteiger charge is 2.30. The molecule has 0 saturated heterocycles. The summed E-state index contributed by atoms with van der Waals surface area (Å²) < 4.78 is 9.97. The second-order valence-electron chi connectivity index (χ2n) is 5.73. The Morgan fingerprint density at radius 2 is 1.35 bits per heavy atom. The van der Waals surface area contributed by atoms with Crippen LogP contribution in [0.3, 0.4) is 0 Å². The molecule has 0 radical (unpaired) electrons. The number of carbonyl (C=O) groups is 2. The molecule has 130 valence electrons. The van der Waals surface area contributed by atoms with Gasteiger partial charge >= 0.3 is 0 Å². The van der Waals surface area contributed by atoms with Gasteiger partial charge in [0.05, 0.1) is 14.2 Å². The lowest BCUT2D eigenvalue weighted by Gasteiger charge is -2.16. The monoisotopic (exact) mass is 324 g/mol. The van der Waals surface area contributed by atoms with Crippen molar-refractivity contribution in [2.24, 2.45) is 0 Å². The Labute approximate surface area is 138 Å². The van der Waals surface area contributed by atoms with Crippen LogP contribution in [-0.2, 0) is 19.1 Å². The van der Waals surface area contributed by atoms with E-state index < -0.39 is 0 Å². The average Bonchev–Trinajstić information content (AvgIpc) is 2.55. The lowest BCUT2D eigenvalue weighted by molar-refractivity contribution is -0.120. The van der Waals surface area contributed by atoms with Gasteiger partial charge in [0, 0.05) is 12.2 Å². The number of hydrogen-bond donors (Lipinski definition) is 1. The smallest absolute Gasteiger partial charge is 0.227 e. The summed E-state index contributed by atoms with van der Waals surface area (Å²) in [6, 6.07) is 0. The van der Waals surface area contributed by atoms with E-state index in [0.717, 1.165) is 32.1 Å². The predicted molar refractivity (Wildman–Crippen MR) is 87.8 cm³/mol. The van der Waals surface area contributed by atoms with E-state index in [-0.39, 0.29) is 29.7 Å². The molecule has 1 aliphatic carbocycles. The summed E-state index contributed by atoms with van der Waals surface area (Å²) >= 11 is 0. The maximum absolute atomic E-state index is 12.2. The molecule has 5 heteroatoms. The summed E-state index contributed by atoms with van der Waals surface area (Å²) in [5.74, 6) is -0.543. The third-order valence-corrected chi connectivity index (χ3v) is 4.00. The molecule has 0 bridgehead atoms. The molecule has 1 aliphatic rings. The highest BCUT2D eigenvalue weighted by atomic mass is 16.5. The molecule has 0 aromatic heterocycles. The number of ketones is 2. The minimum atomic E-state index is -0.303. The lowest BCUT2D eigenvalue weighted by atomic mass is 9.95. The van der Waals surface area contributed by atoms with Crippen LogP contribution in [0.5, 0.6) is 0 Å². The number of ether oxygens (including phenoxy) is 2. The van der Waals surface area contributed by atoms with E-state index >= 15 is 0 Å². The minimum absolute atomic E-state index is 0.0101. The summed E-state index contributed by atoms with van der Waals surface area (Å²) in [4.78, 5) is 24.1. The van der Waals surface area contributed by atoms with Gasteiger partial charge in [-0.3, -0.25) is 9.59 Å². The fraction of sp³-hybridized carbons (Fsp3) is 0.667. The molecule has 0 atom stereocenters. The van der Waals surface area contributed by atoms with Crippen molar-refractivity contribution in [3.8, 4) is 0 Å². The number of Topliss-reactive ketones (excluding diaryl/α,β-unsaturated/α-hetero) is 1. The summed E-state index contributed by atoms with van der Waals surface area (Å²) in [6.45, 7) is 0.282. The molecule has 0 aliphatic heterocycles. The standard InChI is InChI=1S/C18H28O5/c1-22-17-15(20)13-14(16(21)18(17)23-2)11-9-7-5-3-4-6-8-10-12-19/h13,19H,3-12H2,1-2H3. The van der Waals surface area contributed by atoms with Crippen molar-refractivity contribution in [3.63, 3.8) is 0 Å². The fourth-order valence-corrected chi connectivity index (χ4v) is 2.70. The third kappa shape index (κ3) is 6.18. The van der Waals surface area contributed by atoms with Crippen LogP contribution in [0.25, 0.3) is 0 Å². The first kappa shape index (κ1) is 19.4. The topological polar surface area (TPSA) is 72.8 Å². The van der Waals surface area contributed by atoms with Gasteiger partial charge in [-0.25, -0.2) is 0 Å².